The summed E-state index contributed by atoms with van der Waals surface area (Å²) in [6.45, 7) is 2.92. The van der Waals surface area contributed by atoms with Crippen LogP contribution in [0, 0.1) is 0 Å². The number of nitrogens with one attached hydrogen (secondary N) is 2. The number of halogens is 1. The number of aromatic nitrogens is 5. The topological polar surface area (TPSA) is 91.8 Å². The van der Waals surface area contributed by atoms with Crippen LogP contribution in [0.4, 0.5) is 22.0 Å². The van der Waals surface area contributed by atoms with Crippen LogP contribution >= 0.6 is 0 Å². The van der Waals surface area contributed by atoms with Gasteiger partial charge < -0.3 is 19.9 Å². The number of anilines is 3. The van der Waals surface area contributed by atoms with Crippen molar-refractivity contribution in [3.05, 3.63) is 30.4 Å². The first kappa shape index (κ1) is 17.6. The van der Waals surface area contributed by atoms with Crippen molar-refractivity contribution in [2.45, 2.75) is 32.0 Å². The number of aromatic amines is 1. The van der Waals surface area contributed by atoms with Crippen LogP contribution in [0.2, 0.25) is 0 Å². The highest BCUT2D eigenvalue weighted by Crippen LogP contribution is 2.22. The Morgan fingerprint density at radius 2 is 2.22 bits per heavy atom. The lowest BCUT2D eigenvalue weighted by molar-refractivity contribution is 0.0194. The number of H-pyrrole nitrogens is 1. The van der Waals surface area contributed by atoms with Crippen LogP contribution < -0.4 is 10.2 Å². The van der Waals surface area contributed by atoms with Crippen molar-refractivity contribution in [3.63, 3.8) is 0 Å². The third-order valence-electron chi connectivity index (χ3n) is 4.72. The number of alkyl halides is 1. The first-order valence-electron chi connectivity index (χ1n) is 9.02. The zero-order chi connectivity index (χ0) is 18.8. The summed E-state index contributed by atoms with van der Waals surface area (Å²) in [6.07, 6.45) is 3.41. The molecule has 0 bridgehead atoms. The fourth-order valence-corrected chi connectivity index (χ4v) is 3.23. The molecular formula is C18H22FN7O. The molecule has 0 saturated carbocycles. The third kappa shape index (κ3) is 3.68. The molecule has 2 unspecified atom stereocenters. The second-order valence-electron chi connectivity index (χ2n) is 6.52. The zero-order valence-electron chi connectivity index (χ0n) is 15.3. The van der Waals surface area contributed by atoms with E-state index < -0.39 is 6.17 Å². The van der Waals surface area contributed by atoms with E-state index in [9.17, 15) is 4.39 Å². The van der Waals surface area contributed by atoms with Crippen molar-refractivity contribution < 1.29 is 9.13 Å². The molecule has 1 aliphatic heterocycles. The molecule has 1 fully saturated rings. The molecular weight excluding hydrogens is 349 g/mol. The summed E-state index contributed by atoms with van der Waals surface area (Å²) >= 11 is 0. The number of hydrogen-bond donors (Lipinski definition) is 2. The number of rotatable bonds is 5. The molecule has 0 amide bonds. The molecule has 4 heterocycles. The van der Waals surface area contributed by atoms with Gasteiger partial charge in [-0.3, -0.25) is 0 Å². The number of piperidine rings is 1. The van der Waals surface area contributed by atoms with Crippen LogP contribution in [0.15, 0.2) is 24.5 Å². The molecule has 2 N–H and O–H groups in total. The Morgan fingerprint density at radius 1 is 1.33 bits per heavy atom. The molecule has 3 aromatic rings. The first-order valence-corrected chi connectivity index (χ1v) is 9.02. The number of imidazole rings is 1. The highest BCUT2D eigenvalue weighted by Gasteiger charge is 2.30. The maximum atomic E-state index is 14.2. The van der Waals surface area contributed by atoms with E-state index >= 15 is 0 Å². The van der Waals surface area contributed by atoms with Crippen LogP contribution in [0.1, 0.15) is 19.2 Å². The molecule has 2 atom stereocenters. The van der Waals surface area contributed by atoms with E-state index in [4.69, 9.17) is 4.74 Å². The second-order valence-corrected chi connectivity index (χ2v) is 6.52. The van der Waals surface area contributed by atoms with E-state index in [0.717, 1.165) is 23.3 Å². The van der Waals surface area contributed by atoms with Crippen molar-refractivity contribution >= 4 is 28.6 Å². The molecule has 8 nitrogen and oxygen atoms in total. The van der Waals surface area contributed by atoms with Gasteiger partial charge in [-0.1, -0.05) is 6.92 Å². The van der Waals surface area contributed by atoms with Crippen molar-refractivity contribution in [2.24, 2.45) is 0 Å². The fourth-order valence-electron chi connectivity index (χ4n) is 3.23. The molecule has 0 spiro atoms. The highest BCUT2D eigenvalue weighted by atomic mass is 19.1. The van der Waals surface area contributed by atoms with Crippen LogP contribution in [0.5, 0.6) is 0 Å². The summed E-state index contributed by atoms with van der Waals surface area (Å²) in [5, 5.41) is 3.18. The maximum absolute atomic E-state index is 14.2. The number of pyridine rings is 1. The number of methoxy groups -OCH3 is 1. The van der Waals surface area contributed by atoms with Crippen molar-refractivity contribution in [2.75, 3.05) is 30.4 Å². The van der Waals surface area contributed by atoms with Gasteiger partial charge in [-0.15, -0.1) is 0 Å². The van der Waals surface area contributed by atoms with Crippen LogP contribution in [0.3, 0.4) is 0 Å². The van der Waals surface area contributed by atoms with Crippen LogP contribution in [-0.2, 0) is 11.2 Å². The molecule has 142 valence electrons. The largest absolute Gasteiger partial charge is 0.378 e. The number of hydrogen-bond acceptors (Lipinski definition) is 7. The molecule has 4 rings (SSSR count). The normalized spacial score (nSPS) is 20.2. The van der Waals surface area contributed by atoms with Gasteiger partial charge in [-0.2, -0.15) is 4.98 Å². The predicted octanol–water partition coefficient (Wildman–Crippen LogP) is 2.62. The van der Waals surface area contributed by atoms with Gasteiger partial charge in [0.15, 0.2) is 0 Å². The molecule has 9 heteroatoms. The number of nitrogens with zero attached hydrogens (tertiary/aromatic N) is 5. The standard InChI is InChI=1S/C18H22FN7O/c1-3-15-22-12-8-17(21-9-13(12)23-15)24-16-4-6-20-18(25-16)26-7-5-14(27-2)11(19)10-26/h4,6,8-9,11,14H,3,5,7,10H2,1-2H3,(H,22,23)(H,20,21,24,25). The minimum absolute atomic E-state index is 0.222. The van der Waals surface area contributed by atoms with Gasteiger partial charge >= 0.3 is 0 Å². The Kier molecular flexibility index (Phi) is 4.85. The van der Waals surface area contributed by atoms with Gasteiger partial charge in [0, 0.05) is 32.3 Å². The number of fused-ring (bicyclic) bond motifs is 1. The Balaban J connectivity index is 1.51. The quantitative estimate of drug-likeness (QED) is 0.712. The summed E-state index contributed by atoms with van der Waals surface area (Å²) in [7, 11) is 1.54. The Labute approximate surface area is 156 Å². The smallest absolute Gasteiger partial charge is 0.227 e. The predicted molar refractivity (Wildman–Crippen MR) is 101 cm³/mol. The van der Waals surface area contributed by atoms with E-state index in [0.29, 0.717) is 30.5 Å². The summed E-state index contributed by atoms with van der Waals surface area (Å²) < 4.78 is 19.3. The van der Waals surface area contributed by atoms with Crippen molar-refractivity contribution in [1.29, 1.82) is 0 Å². The van der Waals surface area contributed by atoms with Crippen molar-refractivity contribution in [1.82, 2.24) is 24.9 Å². The van der Waals surface area contributed by atoms with Crippen molar-refractivity contribution in [3.8, 4) is 0 Å². The minimum atomic E-state index is -1.05. The fraction of sp³-hybridized carbons (Fsp3) is 0.444. The SMILES string of the molecule is CCc1nc2cnc(Nc3ccnc(N4CCC(OC)C(F)C4)n3)cc2[nH]1. The molecule has 0 radical (unpaired) electrons. The van der Waals surface area contributed by atoms with Gasteiger partial charge in [0.2, 0.25) is 5.95 Å². The van der Waals surface area contributed by atoms with E-state index in [1.807, 2.05) is 17.9 Å². The average Bonchev–Trinajstić information content (AvgIpc) is 3.10. The molecule has 1 aliphatic rings. The van der Waals surface area contributed by atoms with E-state index in [2.05, 4.69) is 30.2 Å². The molecule has 27 heavy (non-hydrogen) atoms. The minimum Gasteiger partial charge on any atom is -0.378 e. The monoisotopic (exact) mass is 371 g/mol. The van der Waals surface area contributed by atoms with E-state index in [-0.39, 0.29) is 12.6 Å². The molecule has 3 aromatic heterocycles. The van der Waals surface area contributed by atoms with Gasteiger partial charge in [-0.25, -0.2) is 19.3 Å². The third-order valence-corrected chi connectivity index (χ3v) is 4.72. The summed E-state index contributed by atoms with van der Waals surface area (Å²) in [5.41, 5.74) is 1.75. The molecule has 0 aromatic carbocycles. The van der Waals surface area contributed by atoms with Gasteiger partial charge in [0.25, 0.3) is 0 Å². The van der Waals surface area contributed by atoms with Crippen LogP contribution in [-0.4, -0.2) is 57.4 Å². The lowest BCUT2D eigenvalue weighted by atomic mass is 10.1. The van der Waals surface area contributed by atoms with Gasteiger partial charge in [-0.05, 0) is 12.5 Å². The first-order chi connectivity index (χ1) is 13.2. The summed E-state index contributed by atoms with van der Waals surface area (Å²) in [4.78, 5) is 22.7. The van der Waals surface area contributed by atoms with E-state index in [1.54, 1.807) is 25.6 Å². The number of aryl methyl sites for hydroxylation is 1. The number of ether oxygens (including phenoxy) is 1. The lowest BCUT2D eigenvalue weighted by Gasteiger charge is -2.33. The summed E-state index contributed by atoms with van der Waals surface area (Å²) in [5.74, 6) is 2.67. The molecule has 1 saturated heterocycles. The lowest BCUT2D eigenvalue weighted by Crippen LogP contribution is -2.46. The highest BCUT2D eigenvalue weighted by molar-refractivity contribution is 5.77. The molecule has 0 aliphatic carbocycles. The van der Waals surface area contributed by atoms with Crippen LogP contribution in [0.25, 0.3) is 11.0 Å². The Morgan fingerprint density at radius 3 is 3.00 bits per heavy atom. The second kappa shape index (κ2) is 7.43. The van der Waals surface area contributed by atoms with E-state index in [1.165, 1.54) is 0 Å². The average molecular weight is 371 g/mol. The van der Waals surface area contributed by atoms with Gasteiger partial charge in [0.05, 0.1) is 24.4 Å². The van der Waals surface area contributed by atoms with Gasteiger partial charge in [0.1, 0.15) is 29.1 Å². The Hall–Kier alpha value is -2.81. The summed E-state index contributed by atoms with van der Waals surface area (Å²) in [6, 6.07) is 3.65. The zero-order valence-corrected chi connectivity index (χ0v) is 15.3. The maximum Gasteiger partial charge on any atom is 0.227 e. The Bertz CT molecular complexity index is 931.